The smallest absolute Gasteiger partial charge is 0.223 e. The lowest BCUT2D eigenvalue weighted by Gasteiger charge is -2.37. The molecule has 4 heteroatoms. The fourth-order valence-electron chi connectivity index (χ4n) is 2.80. The third kappa shape index (κ3) is 1.57. The minimum atomic E-state index is -1.11. The van der Waals surface area contributed by atoms with Crippen LogP contribution in [-0.4, -0.2) is 20.0 Å². The van der Waals surface area contributed by atoms with Crippen LogP contribution in [-0.2, 0) is 15.3 Å². The molecule has 0 saturated carbocycles. The van der Waals surface area contributed by atoms with Gasteiger partial charge in [0, 0.05) is 30.9 Å². The summed E-state index contributed by atoms with van der Waals surface area (Å²) in [6.45, 7) is 0. The predicted molar refractivity (Wildman–Crippen MR) is 76.1 cm³/mol. The van der Waals surface area contributed by atoms with Crippen LogP contribution < -0.4 is 0 Å². The molecule has 0 aliphatic heterocycles. The van der Waals surface area contributed by atoms with Crippen molar-refractivity contribution in [3.63, 3.8) is 0 Å². The lowest BCUT2D eigenvalue weighted by Crippen LogP contribution is -2.39. The molecular weight excluding hydrogens is 276 g/mol. The molecule has 3 nitrogen and oxygen atoms in total. The lowest BCUT2D eigenvalue weighted by atomic mass is 9.80. The van der Waals surface area contributed by atoms with Gasteiger partial charge in [0.2, 0.25) is 5.79 Å². The molecule has 1 aliphatic rings. The molecule has 0 spiro atoms. The van der Waals surface area contributed by atoms with Gasteiger partial charge < -0.3 is 9.47 Å². The van der Waals surface area contributed by atoms with Crippen molar-refractivity contribution in [2.24, 2.45) is 0 Å². The first-order chi connectivity index (χ1) is 9.65. The molecule has 0 heterocycles. The molecule has 1 aliphatic carbocycles. The number of halogens is 1. The zero-order valence-electron chi connectivity index (χ0n) is 11.1. The van der Waals surface area contributed by atoms with Crippen LogP contribution in [0.15, 0.2) is 42.5 Å². The molecule has 0 amide bonds. The first-order valence-electron chi connectivity index (χ1n) is 6.19. The fraction of sp³-hybridized carbons (Fsp3) is 0.188. The van der Waals surface area contributed by atoms with Gasteiger partial charge in [-0.25, -0.2) is 0 Å². The van der Waals surface area contributed by atoms with E-state index in [4.69, 9.17) is 21.1 Å². The first-order valence-corrected chi connectivity index (χ1v) is 6.57. The fourth-order valence-corrected chi connectivity index (χ4v) is 3.06. The molecule has 0 fully saturated rings. The summed E-state index contributed by atoms with van der Waals surface area (Å²) in [7, 11) is 3.11. The Hall–Kier alpha value is -1.68. The van der Waals surface area contributed by atoms with Crippen molar-refractivity contribution in [1.29, 1.82) is 0 Å². The molecule has 0 atom stereocenters. The maximum atomic E-state index is 12.7. The zero-order valence-corrected chi connectivity index (χ0v) is 11.9. The van der Waals surface area contributed by atoms with Gasteiger partial charge in [-0.2, -0.15) is 0 Å². The van der Waals surface area contributed by atoms with Crippen molar-refractivity contribution in [2.45, 2.75) is 5.79 Å². The summed E-state index contributed by atoms with van der Waals surface area (Å²) in [5, 5.41) is 0.403. The Kier molecular flexibility index (Phi) is 3.13. The maximum absolute atomic E-state index is 12.7. The van der Waals surface area contributed by atoms with E-state index in [1.807, 2.05) is 24.3 Å². The van der Waals surface area contributed by atoms with Gasteiger partial charge in [0.1, 0.15) is 0 Å². The van der Waals surface area contributed by atoms with Gasteiger partial charge in [-0.1, -0.05) is 48.0 Å². The Morgan fingerprint density at radius 3 is 2.30 bits per heavy atom. The van der Waals surface area contributed by atoms with Crippen LogP contribution in [0.4, 0.5) is 0 Å². The number of carbonyl (C=O) groups is 1. The van der Waals surface area contributed by atoms with Gasteiger partial charge in [-0.15, -0.1) is 0 Å². The topological polar surface area (TPSA) is 35.5 Å². The van der Waals surface area contributed by atoms with Gasteiger partial charge >= 0.3 is 0 Å². The molecule has 20 heavy (non-hydrogen) atoms. The second-order valence-corrected chi connectivity index (χ2v) is 4.97. The van der Waals surface area contributed by atoms with Gasteiger partial charge in [0.05, 0.1) is 10.6 Å². The summed E-state index contributed by atoms with van der Waals surface area (Å²) in [4.78, 5) is 12.7. The summed E-state index contributed by atoms with van der Waals surface area (Å²) >= 11 is 6.21. The van der Waals surface area contributed by atoms with Crippen LogP contribution in [0.25, 0.3) is 0 Å². The number of hydrogen-bond donors (Lipinski definition) is 0. The van der Waals surface area contributed by atoms with Crippen molar-refractivity contribution in [2.75, 3.05) is 14.2 Å². The molecule has 2 aromatic rings. The van der Waals surface area contributed by atoms with Gasteiger partial charge in [0.25, 0.3) is 0 Å². The molecule has 0 aromatic heterocycles. The van der Waals surface area contributed by atoms with E-state index in [1.165, 1.54) is 0 Å². The molecule has 0 N–H and O–H groups in total. The van der Waals surface area contributed by atoms with Crippen molar-refractivity contribution in [1.82, 2.24) is 0 Å². The van der Waals surface area contributed by atoms with Gasteiger partial charge in [0.15, 0.2) is 5.78 Å². The summed E-state index contributed by atoms with van der Waals surface area (Å²) in [5.41, 5.74) is 2.33. The zero-order chi connectivity index (χ0) is 14.3. The number of benzene rings is 2. The van der Waals surface area contributed by atoms with Crippen LogP contribution in [0.5, 0.6) is 0 Å². The second kappa shape index (κ2) is 4.70. The molecule has 102 valence electrons. The SMILES string of the molecule is COC1(OC)c2ccccc2C(=O)c2c(Cl)cccc21. The van der Waals surface area contributed by atoms with E-state index < -0.39 is 5.79 Å². The van der Waals surface area contributed by atoms with E-state index in [9.17, 15) is 4.79 Å². The quantitative estimate of drug-likeness (QED) is 0.795. The standard InChI is InChI=1S/C16H13ClO3/c1-19-16(20-2)11-7-4-3-6-10(11)15(18)14-12(16)8-5-9-13(14)17/h3-9H,1-2H3. The van der Waals surface area contributed by atoms with E-state index in [2.05, 4.69) is 0 Å². The summed E-state index contributed by atoms with van der Waals surface area (Å²) < 4.78 is 11.3. The summed E-state index contributed by atoms with van der Waals surface area (Å²) in [6, 6.07) is 12.6. The molecule has 3 rings (SSSR count). The number of ketones is 1. The number of fused-ring (bicyclic) bond motifs is 2. The van der Waals surface area contributed by atoms with Crippen LogP contribution >= 0.6 is 11.6 Å². The Labute approximate surface area is 122 Å². The minimum absolute atomic E-state index is 0.106. The Balaban J connectivity index is 2.42. The van der Waals surface area contributed by atoms with Crippen LogP contribution in [0.3, 0.4) is 0 Å². The third-order valence-corrected chi connectivity index (χ3v) is 4.01. The van der Waals surface area contributed by atoms with Gasteiger partial charge in [-0.05, 0) is 6.07 Å². The van der Waals surface area contributed by atoms with Crippen molar-refractivity contribution >= 4 is 17.4 Å². The Bertz CT molecular complexity index is 690. The first kappa shape index (κ1) is 13.3. The van der Waals surface area contributed by atoms with Crippen molar-refractivity contribution in [3.05, 3.63) is 69.7 Å². The van der Waals surface area contributed by atoms with Crippen LogP contribution in [0, 0.1) is 0 Å². The Morgan fingerprint density at radius 1 is 0.950 bits per heavy atom. The largest absolute Gasteiger partial charge is 0.346 e. The number of rotatable bonds is 2. The normalized spacial score (nSPS) is 15.7. The highest BCUT2D eigenvalue weighted by atomic mass is 35.5. The number of ether oxygens (including phenoxy) is 2. The highest BCUT2D eigenvalue weighted by molar-refractivity contribution is 6.35. The second-order valence-electron chi connectivity index (χ2n) is 4.56. The molecular formula is C16H13ClO3. The molecule has 0 saturated heterocycles. The summed E-state index contributed by atoms with van der Waals surface area (Å²) in [6.07, 6.45) is 0. The number of methoxy groups -OCH3 is 2. The van der Waals surface area contributed by atoms with Crippen molar-refractivity contribution < 1.29 is 14.3 Å². The highest BCUT2D eigenvalue weighted by Crippen LogP contribution is 2.44. The van der Waals surface area contributed by atoms with E-state index in [-0.39, 0.29) is 5.78 Å². The van der Waals surface area contributed by atoms with Gasteiger partial charge in [-0.3, -0.25) is 4.79 Å². The average Bonchev–Trinajstić information content (AvgIpc) is 2.49. The molecule has 2 aromatic carbocycles. The van der Waals surface area contributed by atoms with E-state index in [0.29, 0.717) is 27.3 Å². The van der Waals surface area contributed by atoms with Crippen LogP contribution in [0.1, 0.15) is 27.0 Å². The van der Waals surface area contributed by atoms with E-state index in [1.54, 1.807) is 32.4 Å². The molecule has 0 bridgehead atoms. The number of carbonyl (C=O) groups excluding carboxylic acids is 1. The maximum Gasteiger partial charge on any atom is 0.223 e. The summed E-state index contributed by atoms with van der Waals surface area (Å²) in [5.74, 6) is -1.21. The molecule has 0 radical (unpaired) electrons. The van der Waals surface area contributed by atoms with E-state index in [0.717, 1.165) is 0 Å². The van der Waals surface area contributed by atoms with E-state index >= 15 is 0 Å². The number of hydrogen-bond acceptors (Lipinski definition) is 3. The lowest BCUT2D eigenvalue weighted by molar-refractivity contribution is -0.184. The third-order valence-electron chi connectivity index (χ3n) is 3.70. The van der Waals surface area contributed by atoms with Crippen molar-refractivity contribution in [3.8, 4) is 0 Å². The molecule has 0 unspecified atom stereocenters. The Morgan fingerprint density at radius 2 is 1.60 bits per heavy atom. The monoisotopic (exact) mass is 288 g/mol. The predicted octanol–water partition coefficient (Wildman–Crippen LogP) is 3.38. The minimum Gasteiger partial charge on any atom is -0.346 e. The van der Waals surface area contributed by atoms with Crippen LogP contribution in [0.2, 0.25) is 5.02 Å². The average molecular weight is 289 g/mol. The highest BCUT2D eigenvalue weighted by Gasteiger charge is 2.45.